The van der Waals surface area contributed by atoms with Gasteiger partial charge in [-0.1, -0.05) is 6.42 Å². The first kappa shape index (κ1) is 13.3. The van der Waals surface area contributed by atoms with E-state index in [1.54, 1.807) is 6.20 Å². The molecule has 4 nitrogen and oxygen atoms in total. The Morgan fingerprint density at radius 3 is 3.00 bits per heavy atom. The topological polar surface area (TPSA) is 39.1 Å². The van der Waals surface area contributed by atoms with Crippen LogP contribution in [0.2, 0.25) is 0 Å². The maximum Gasteiger partial charge on any atom is 0.157 e. The predicted molar refractivity (Wildman–Crippen MR) is 66.2 cm³/mol. The molecule has 0 aromatic carbocycles. The van der Waals surface area contributed by atoms with Crippen LogP contribution >= 0.6 is 12.4 Å². The van der Waals surface area contributed by atoms with Crippen LogP contribution in [0.3, 0.4) is 0 Å². The van der Waals surface area contributed by atoms with Crippen molar-refractivity contribution < 1.29 is 4.74 Å². The zero-order valence-electron chi connectivity index (χ0n) is 9.69. The third-order valence-electron chi connectivity index (χ3n) is 2.91. The molecule has 1 aromatic rings. The quantitative estimate of drug-likeness (QED) is 0.829. The van der Waals surface area contributed by atoms with E-state index in [9.17, 15) is 0 Å². The van der Waals surface area contributed by atoms with E-state index >= 15 is 0 Å². The van der Waals surface area contributed by atoms with Crippen molar-refractivity contribution in [2.45, 2.75) is 25.8 Å². The summed E-state index contributed by atoms with van der Waals surface area (Å²) in [6.45, 7) is 2.69. The van der Waals surface area contributed by atoms with Gasteiger partial charge in [-0.15, -0.1) is 12.4 Å². The standard InChI is InChI=1S/C11H19N3O.ClH/c1-12-5-6-14-8-11(7-13-14)15-9-10-3-2-4-10;/h7-8,10,12H,2-6,9H2,1H3;1H. The summed E-state index contributed by atoms with van der Waals surface area (Å²) >= 11 is 0. The number of aromatic nitrogens is 2. The Hall–Kier alpha value is -0.740. The van der Waals surface area contributed by atoms with Crippen LogP contribution in [0, 0.1) is 5.92 Å². The minimum atomic E-state index is 0. The van der Waals surface area contributed by atoms with Crippen LogP contribution in [0.1, 0.15) is 19.3 Å². The van der Waals surface area contributed by atoms with Crippen molar-refractivity contribution in [2.24, 2.45) is 5.92 Å². The Labute approximate surface area is 103 Å². The van der Waals surface area contributed by atoms with Crippen molar-refractivity contribution in [3.63, 3.8) is 0 Å². The van der Waals surface area contributed by atoms with E-state index in [1.165, 1.54) is 19.3 Å². The summed E-state index contributed by atoms with van der Waals surface area (Å²) < 4.78 is 7.58. The van der Waals surface area contributed by atoms with Gasteiger partial charge in [-0.05, 0) is 25.8 Å². The summed E-state index contributed by atoms with van der Waals surface area (Å²) in [6.07, 6.45) is 7.79. The van der Waals surface area contributed by atoms with E-state index in [2.05, 4.69) is 10.4 Å². The average Bonchev–Trinajstić information content (AvgIpc) is 2.60. The van der Waals surface area contributed by atoms with Gasteiger partial charge in [0, 0.05) is 6.54 Å². The molecule has 0 spiro atoms. The molecule has 5 heteroatoms. The van der Waals surface area contributed by atoms with Gasteiger partial charge in [0.1, 0.15) is 0 Å². The summed E-state index contributed by atoms with van der Waals surface area (Å²) in [5.41, 5.74) is 0. The number of hydrogen-bond donors (Lipinski definition) is 1. The van der Waals surface area contributed by atoms with Crippen molar-refractivity contribution in [1.82, 2.24) is 15.1 Å². The van der Waals surface area contributed by atoms with Gasteiger partial charge >= 0.3 is 0 Å². The van der Waals surface area contributed by atoms with Crippen LogP contribution < -0.4 is 10.1 Å². The number of nitrogens with one attached hydrogen (secondary N) is 1. The molecule has 1 aliphatic carbocycles. The van der Waals surface area contributed by atoms with Gasteiger partial charge in [-0.3, -0.25) is 4.68 Å². The zero-order valence-corrected chi connectivity index (χ0v) is 10.5. The molecule has 0 radical (unpaired) electrons. The lowest BCUT2D eigenvalue weighted by Gasteiger charge is -2.24. The van der Waals surface area contributed by atoms with Gasteiger partial charge in [0.2, 0.25) is 0 Å². The van der Waals surface area contributed by atoms with Gasteiger partial charge in [0.05, 0.1) is 25.5 Å². The maximum absolute atomic E-state index is 5.67. The highest BCUT2D eigenvalue weighted by molar-refractivity contribution is 5.85. The molecule has 1 N–H and O–H groups in total. The number of hydrogen-bond acceptors (Lipinski definition) is 3. The number of ether oxygens (including phenoxy) is 1. The van der Waals surface area contributed by atoms with E-state index in [-0.39, 0.29) is 12.4 Å². The Bertz CT molecular complexity index is 299. The number of rotatable bonds is 6. The molecule has 1 fully saturated rings. The van der Waals surface area contributed by atoms with E-state index in [0.717, 1.165) is 31.4 Å². The van der Waals surface area contributed by atoms with E-state index in [0.29, 0.717) is 0 Å². The van der Waals surface area contributed by atoms with Crippen molar-refractivity contribution in [3.8, 4) is 5.75 Å². The Morgan fingerprint density at radius 2 is 2.38 bits per heavy atom. The lowest BCUT2D eigenvalue weighted by atomic mass is 9.86. The molecule has 0 bridgehead atoms. The lowest BCUT2D eigenvalue weighted by molar-refractivity contribution is 0.180. The molecule has 0 saturated heterocycles. The smallest absolute Gasteiger partial charge is 0.157 e. The fraction of sp³-hybridized carbons (Fsp3) is 0.727. The fourth-order valence-electron chi connectivity index (χ4n) is 1.64. The summed E-state index contributed by atoms with van der Waals surface area (Å²) in [5.74, 6) is 1.68. The lowest BCUT2D eigenvalue weighted by Crippen LogP contribution is -2.19. The first-order chi connectivity index (χ1) is 7.38. The monoisotopic (exact) mass is 245 g/mol. The van der Waals surface area contributed by atoms with E-state index in [4.69, 9.17) is 4.74 Å². The van der Waals surface area contributed by atoms with Crippen LogP contribution in [0.25, 0.3) is 0 Å². The summed E-state index contributed by atoms with van der Waals surface area (Å²) in [7, 11) is 1.94. The van der Waals surface area contributed by atoms with Crippen molar-refractivity contribution in [2.75, 3.05) is 20.2 Å². The zero-order chi connectivity index (χ0) is 10.5. The highest BCUT2D eigenvalue weighted by Gasteiger charge is 2.17. The number of likely N-dealkylation sites (N-methyl/N-ethyl adjacent to an activating group) is 1. The maximum atomic E-state index is 5.67. The minimum Gasteiger partial charge on any atom is -0.490 e. The van der Waals surface area contributed by atoms with Gasteiger partial charge in [0.15, 0.2) is 5.75 Å². The first-order valence-corrected chi connectivity index (χ1v) is 5.68. The van der Waals surface area contributed by atoms with Crippen LogP contribution in [0.5, 0.6) is 5.75 Å². The summed E-state index contributed by atoms with van der Waals surface area (Å²) in [6, 6.07) is 0. The fourth-order valence-corrected chi connectivity index (χ4v) is 1.64. The molecule has 0 amide bonds. The Morgan fingerprint density at radius 1 is 1.56 bits per heavy atom. The molecule has 0 atom stereocenters. The predicted octanol–water partition coefficient (Wildman–Crippen LogP) is 1.70. The van der Waals surface area contributed by atoms with E-state index < -0.39 is 0 Å². The summed E-state index contributed by atoms with van der Waals surface area (Å²) in [4.78, 5) is 0. The summed E-state index contributed by atoms with van der Waals surface area (Å²) in [5, 5.41) is 7.32. The molecular weight excluding hydrogens is 226 g/mol. The third-order valence-corrected chi connectivity index (χ3v) is 2.91. The van der Waals surface area contributed by atoms with Gasteiger partial charge < -0.3 is 10.1 Å². The van der Waals surface area contributed by atoms with Crippen molar-refractivity contribution >= 4 is 12.4 Å². The molecule has 1 aromatic heterocycles. The largest absolute Gasteiger partial charge is 0.490 e. The van der Waals surface area contributed by atoms with Gasteiger partial charge in [-0.2, -0.15) is 5.10 Å². The van der Waals surface area contributed by atoms with Crippen LogP contribution in [0.4, 0.5) is 0 Å². The second-order valence-corrected chi connectivity index (χ2v) is 4.15. The van der Waals surface area contributed by atoms with Gasteiger partial charge in [0.25, 0.3) is 0 Å². The Kier molecular flexibility index (Phi) is 5.63. The molecule has 1 heterocycles. The normalized spacial score (nSPS) is 15.3. The SMILES string of the molecule is CNCCn1cc(OCC2CCC2)cn1.Cl. The molecule has 92 valence electrons. The highest BCUT2D eigenvalue weighted by Crippen LogP contribution is 2.26. The third kappa shape index (κ3) is 3.68. The average molecular weight is 246 g/mol. The highest BCUT2D eigenvalue weighted by atomic mass is 35.5. The molecule has 1 aliphatic rings. The first-order valence-electron chi connectivity index (χ1n) is 5.68. The molecule has 2 rings (SSSR count). The van der Waals surface area contributed by atoms with Crippen molar-refractivity contribution in [3.05, 3.63) is 12.4 Å². The Balaban J connectivity index is 0.00000128. The van der Waals surface area contributed by atoms with Gasteiger partial charge in [-0.25, -0.2) is 0 Å². The molecule has 16 heavy (non-hydrogen) atoms. The molecule has 0 aliphatic heterocycles. The van der Waals surface area contributed by atoms with Crippen LogP contribution in [0.15, 0.2) is 12.4 Å². The van der Waals surface area contributed by atoms with Crippen LogP contribution in [-0.4, -0.2) is 30.0 Å². The molecular formula is C11H20ClN3O. The molecule has 0 unspecified atom stereocenters. The number of halogens is 1. The number of nitrogens with zero attached hydrogens (tertiary/aromatic N) is 2. The molecule has 1 saturated carbocycles. The van der Waals surface area contributed by atoms with Crippen molar-refractivity contribution in [1.29, 1.82) is 0 Å². The second-order valence-electron chi connectivity index (χ2n) is 4.15. The van der Waals surface area contributed by atoms with Crippen LogP contribution in [-0.2, 0) is 6.54 Å². The second kappa shape index (κ2) is 6.76. The minimum absolute atomic E-state index is 0. The van der Waals surface area contributed by atoms with E-state index in [1.807, 2.05) is 17.9 Å².